The van der Waals surface area contributed by atoms with Gasteiger partial charge in [-0.25, -0.2) is 0 Å². The van der Waals surface area contributed by atoms with Gasteiger partial charge in [-0.2, -0.15) is 0 Å². The molecule has 0 unspecified atom stereocenters. The van der Waals surface area contributed by atoms with E-state index < -0.39 is 4.92 Å². The number of nitro groups is 1. The molecule has 21 heavy (non-hydrogen) atoms. The van der Waals surface area contributed by atoms with Gasteiger partial charge >= 0.3 is 0 Å². The summed E-state index contributed by atoms with van der Waals surface area (Å²) < 4.78 is 5.58. The summed E-state index contributed by atoms with van der Waals surface area (Å²) in [6.45, 7) is 3.30. The van der Waals surface area contributed by atoms with Gasteiger partial charge in [0.05, 0.1) is 16.6 Å². The van der Waals surface area contributed by atoms with Gasteiger partial charge in [-0.3, -0.25) is 14.9 Å². The second kappa shape index (κ2) is 6.17. The third kappa shape index (κ3) is 3.45. The molecule has 0 bridgehead atoms. The molecule has 2 rings (SSSR count). The molecule has 0 aromatic heterocycles. The lowest BCUT2D eigenvalue weighted by Crippen LogP contribution is -2.04. The molecule has 0 aliphatic heterocycles. The molecule has 108 valence electrons. The van der Waals surface area contributed by atoms with E-state index in [9.17, 15) is 14.9 Å². The average Bonchev–Trinajstić information content (AvgIpc) is 2.45. The Bertz CT molecular complexity index is 680. The lowest BCUT2D eigenvalue weighted by molar-refractivity contribution is -0.385. The minimum atomic E-state index is -0.556. The monoisotopic (exact) mass is 285 g/mol. The van der Waals surface area contributed by atoms with Crippen molar-refractivity contribution in [2.75, 3.05) is 0 Å². The Morgan fingerprint density at radius 3 is 2.48 bits per heavy atom. The van der Waals surface area contributed by atoms with Crippen LogP contribution >= 0.6 is 0 Å². The molecule has 0 radical (unpaired) electrons. The Balaban J connectivity index is 2.29. The van der Waals surface area contributed by atoms with E-state index in [1.54, 1.807) is 13.0 Å². The lowest BCUT2D eigenvalue weighted by atomic mass is 10.0. The van der Waals surface area contributed by atoms with E-state index in [-0.39, 0.29) is 17.0 Å². The van der Waals surface area contributed by atoms with Crippen molar-refractivity contribution in [2.45, 2.75) is 20.5 Å². The van der Waals surface area contributed by atoms with Crippen molar-refractivity contribution in [2.24, 2.45) is 0 Å². The second-order valence-electron chi connectivity index (χ2n) is 4.72. The van der Waals surface area contributed by atoms with Crippen LogP contribution in [0.1, 0.15) is 28.4 Å². The number of hydrogen-bond donors (Lipinski definition) is 0. The van der Waals surface area contributed by atoms with Crippen LogP contribution in [-0.4, -0.2) is 10.7 Å². The molecule has 5 heteroatoms. The van der Waals surface area contributed by atoms with Gasteiger partial charge in [-0.05, 0) is 31.0 Å². The summed E-state index contributed by atoms with van der Waals surface area (Å²) in [7, 11) is 0. The summed E-state index contributed by atoms with van der Waals surface area (Å²) in [6.07, 6.45) is 0. The zero-order chi connectivity index (χ0) is 15.4. The number of carbonyl (C=O) groups is 1. The quantitative estimate of drug-likeness (QED) is 0.477. The maximum atomic E-state index is 11.5. The number of Topliss-reactive ketones (excluding diaryl/α,β-unsaturated/α-hetero) is 1. The SMILES string of the molecule is CC(=O)c1c(C)cc(OCc2ccccc2)cc1[N+](=O)[O-]. The van der Waals surface area contributed by atoms with Crippen LogP contribution in [0.25, 0.3) is 0 Å². The molecule has 0 saturated heterocycles. The van der Waals surface area contributed by atoms with E-state index >= 15 is 0 Å². The minimum absolute atomic E-state index is 0.132. The van der Waals surface area contributed by atoms with Crippen molar-refractivity contribution in [1.82, 2.24) is 0 Å². The van der Waals surface area contributed by atoms with Crippen LogP contribution in [0.5, 0.6) is 5.75 Å². The first-order valence-corrected chi connectivity index (χ1v) is 6.45. The Kier molecular flexibility index (Phi) is 4.33. The normalized spacial score (nSPS) is 10.2. The highest BCUT2D eigenvalue weighted by atomic mass is 16.6. The number of nitro benzene ring substituents is 1. The van der Waals surface area contributed by atoms with E-state index in [2.05, 4.69) is 0 Å². The summed E-state index contributed by atoms with van der Waals surface area (Å²) in [5.41, 5.74) is 1.42. The van der Waals surface area contributed by atoms with Gasteiger partial charge in [0.25, 0.3) is 5.69 Å². The molecule has 0 N–H and O–H groups in total. The molecule has 0 spiro atoms. The van der Waals surface area contributed by atoms with Crippen LogP contribution in [-0.2, 0) is 6.61 Å². The predicted octanol–water partition coefficient (Wildman–Crippen LogP) is 3.68. The summed E-state index contributed by atoms with van der Waals surface area (Å²) in [5.74, 6) is 0.0573. The third-order valence-electron chi connectivity index (χ3n) is 3.09. The summed E-state index contributed by atoms with van der Waals surface area (Å²) >= 11 is 0. The first-order chi connectivity index (χ1) is 9.99. The Morgan fingerprint density at radius 1 is 1.24 bits per heavy atom. The van der Waals surface area contributed by atoms with Gasteiger partial charge in [0.15, 0.2) is 5.78 Å². The van der Waals surface area contributed by atoms with E-state index in [0.29, 0.717) is 17.9 Å². The second-order valence-corrected chi connectivity index (χ2v) is 4.72. The van der Waals surface area contributed by atoms with Gasteiger partial charge in [0, 0.05) is 0 Å². The fraction of sp³-hybridized carbons (Fsp3) is 0.188. The molecule has 5 nitrogen and oxygen atoms in total. The smallest absolute Gasteiger partial charge is 0.284 e. The van der Waals surface area contributed by atoms with Crippen molar-refractivity contribution in [3.63, 3.8) is 0 Å². The molecule has 0 fully saturated rings. The molecule has 0 amide bonds. The van der Waals surface area contributed by atoms with Gasteiger partial charge in [0.2, 0.25) is 0 Å². The van der Waals surface area contributed by atoms with Gasteiger partial charge in [0.1, 0.15) is 12.4 Å². The van der Waals surface area contributed by atoms with Crippen molar-refractivity contribution in [1.29, 1.82) is 0 Å². The van der Waals surface area contributed by atoms with E-state index in [0.717, 1.165) is 5.56 Å². The molecule has 2 aromatic rings. The first-order valence-electron chi connectivity index (χ1n) is 6.45. The maximum absolute atomic E-state index is 11.5. The number of benzene rings is 2. The van der Waals surface area contributed by atoms with Crippen molar-refractivity contribution >= 4 is 11.5 Å². The van der Waals surface area contributed by atoms with E-state index in [1.165, 1.54) is 13.0 Å². The zero-order valence-electron chi connectivity index (χ0n) is 11.8. The Labute approximate surface area is 122 Å². The number of ketones is 1. The van der Waals surface area contributed by atoms with Crippen LogP contribution in [0.2, 0.25) is 0 Å². The highest BCUT2D eigenvalue weighted by Gasteiger charge is 2.21. The van der Waals surface area contributed by atoms with Crippen LogP contribution in [0.3, 0.4) is 0 Å². The predicted molar refractivity (Wildman–Crippen MR) is 78.6 cm³/mol. The van der Waals surface area contributed by atoms with E-state index in [1.807, 2.05) is 30.3 Å². The van der Waals surface area contributed by atoms with Crippen molar-refractivity contribution in [3.05, 3.63) is 69.3 Å². The topological polar surface area (TPSA) is 69.4 Å². The number of carbonyl (C=O) groups excluding carboxylic acids is 1. The zero-order valence-corrected chi connectivity index (χ0v) is 11.8. The van der Waals surface area contributed by atoms with Gasteiger partial charge in [-0.15, -0.1) is 0 Å². The molecule has 0 aliphatic rings. The fourth-order valence-corrected chi connectivity index (χ4v) is 2.16. The largest absolute Gasteiger partial charge is 0.489 e. The summed E-state index contributed by atoms with van der Waals surface area (Å²) in [6, 6.07) is 12.5. The van der Waals surface area contributed by atoms with Crippen LogP contribution in [0, 0.1) is 17.0 Å². The van der Waals surface area contributed by atoms with E-state index in [4.69, 9.17) is 4.74 Å². The minimum Gasteiger partial charge on any atom is -0.489 e. The molecule has 0 atom stereocenters. The summed E-state index contributed by atoms with van der Waals surface area (Å²) in [5, 5.41) is 11.1. The molecule has 0 heterocycles. The van der Waals surface area contributed by atoms with Crippen LogP contribution in [0.15, 0.2) is 42.5 Å². The number of ether oxygens (including phenoxy) is 1. The Morgan fingerprint density at radius 2 is 1.90 bits per heavy atom. The average molecular weight is 285 g/mol. The molecule has 2 aromatic carbocycles. The number of nitrogens with zero attached hydrogens (tertiary/aromatic N) is 1. The van der Waals surface area contributed by atoms with Gasteiger partial charge < -0.3 is 4.74 Å². The third-order valence-corrected chi connectivity index (χ3v) is 3.09. The van der Waals surface area contributed by atoms with Gasteiger partial charge in [-0.1, -0.05) is 30.3 Å². The molecule has 0 saturated carbocycles. The highest BCUT2D eigenvalue weighted by molar-refractivity contribution is 5.99. The van der Waals surface area contributed by atoms with Crippen molar-refractivity contribution in [3.8, 4) is 5.75 Å². The number of hydrogen-bond acceptors (Lipinski definition) is 4. The standard InChI is InChI=1S/C16H15NO4/c1-11-8-14(21-10-13-6-4-3-5-7-13)9-15(17(19)20)16(11)12(2)18/h3-9H,10H2,1-2H3. The van der Waals surface area contributed by atoms with Crippen LogP contribution in [0.4, 0.5) is 5.69 Å². The highest BCUT2D eigenvalue weighted by Crippen LogP contribution is 2.29. The summed E-state index contributed by atoms with van der Waals surface area (Å²) in [4.78, 5) is 22.1. The molecule has 0 aliphatic carbocycles. The maximum Gasteiger partial charge on any atom is 0.284 e. The van der Waals surface area contributed by atoms with Crippen LogP contribution < -0.4 is 4.74 Å². The number of rotatable bonds is 5. The number of aryl methyl sites for hydroxylation is 1. The Hall–Kier alpha value is -2.69. The van der Waals surface area contributed by atoms with Crippen molar-refractivity contribution < 1.29 is 14.5 Å². The molecular formula is C16H15NO4. The fourth-order valence-electron chi connectivity index (χ4n) is 2.16. The molecular weight excluding hydrogens is 270 g/mol. The lowest BCUT2D eigenvalue weighted by Gasteiger charge is -2.09. The first kappa shape index (κ1) is 14.7.